The number of hydrogen-bond acceptors (Lipinski definition) is 4. The van der Waals surface area contributed by atoms with E-state index in [2.05, 4.69) is 6.92 Å². The highest BCUT2D eigenvalue weighted by Crippen LogP contribution is 2.08. The molecule has 1 atom stereocenters. The highest BCUT2D eigenvalue weighted by molar-refractivity contribution is 6.59. The van der Waals surface area contributed by atoms with E-state index in [0.717, 1.165) is 6.61 Å². The first-order valence-corrected chi connectivity index (χ1v) is 9.32. The quantitative estimate of drug-likeness (QED) is 0.425. The maximum absolute atomic E-state index is 5.40. The van der Waals surface area contributed by atoms with Crippen LogP contribution in [0, 0.1) is 0 Å². The Morgan fingerprint density at radius 2 is 1.26 bits per heavy atom. The van der Waals surface area contributed by atoms with Crippen LogP contribution in [0.4, 0.5) is 0 Å². The first-order chi connectivity index (χ1) is 8.99. The topological polar surface area (TPSA) is 40.2 Å². The third-order valence-electron chi connectivity index (χ3n) is 2.05. The Kier molecular flexibility index (Phi) is 15.8. The molecule has 1 fully saturated rings. The fourth-order valence-corrected chi connectivity index (χ4v) is 2.83. The van der Waals surface area contributed by atoms with Crippen LogP contribution in [0.15, 0.2) is 12.2 Å². The van der Waals surface area contributed by atoms with Gasteiger partial charge >= 0.3 is 8.80 Å². The van der Waals surface area contributed by atoms with Gasteiger partial charge in [-0.05, 0) is 41.5 Å². The van der Waals surface area contributed by atoms with Crippen molar-refractivity contribution in [2.24, 2.45) is 0 Å². The molecule has 1 rings (SSSR count). The maximum atomic E-state index is 5.40. The smallest absolute Gasteiger partial charge is 0.374 e. The van der Waals surface area contributed by atoms with E-state index in [-0.39, 0.29) is 0 Å². The summed E-state index contributed by atoms with van der Waals surface area (Å²) in [5, 5.41) is 0. The van der Waals surface area contributed by atoms with Crippen molar-refractivity contribution >= 4 is 8.80 Å². The van der Waals surface area contributed by atoms with Crippen LogP contribution in [0.1, 0.15) is 41.5 Å². The summed E-state index contributed by atoms with van der Waals surface area (Å²) in [4.78, 5) is 0. The molecule has 0 bridgehead atoms. The van der Waals surface area contributed by atoms with Crippen LogP contribution in [0.5, 0.6) is 0 Å². The van der Waals surface area contributed by atoms with Crippen LogP contribution in [-0.2, 0) is 18.0 Å². The van der Waals surface area contributed by atoms with Crippen LogP contribution in [0.2, 0.25) is 6.55 Å². The van der Waals surface area contributed by atoms with Crippen LogP contribution < -0.4 is 0 Å². The van der Waals surface area contributed by atoms with Crippen molar-refractivity contribution in [3.63, 3.8) is 0 Å². The molecular weight excluding hydrogens is 260 g/mol. The average molecular weight is 292 g/mol. The van der Waals surface area contributed by atoms with E-state index in [9.17, 15) is 0 Å². The zero-order valence-corrected chi connectivity index (χ0v) is 14.7. The van der Waals surface area contributed by atoms with Crippen LogP contribution in [0.3, 0.4) is 0 Å². The van der Waals surface area contributed by atoms with E-state index >= 15 is 0 Å². The Morgan fingerprint density at radius 3 is 1.37 bits per heavy atom. The van der Waals surface area contributed by atoms with E-state index in [1.54, 1.807) is 0 Å². The summed E-state index contributed by atoms with van der Waals surface area (Å²) in [6.45, 7) is 16.8. The molecule has 0 aromatic carbocycles. The van der Waals surface area contributed by atoms with Gasteiger partial charge in [-0.1, -0.05) is 12.2 Å². The summed E-state index contributed by atoms with van der Waals surface area (Å²) in [5.41, 5.74) is 0. The minimum Gasteiger partial charge on any atom is -0.374 e. The molecule has 1 unspecified atom stereocenters. The molecule has 19 heavy (non-hydrogen) atoms. The normalized spacial score (nSPS) is 17.3. The summed E-state index contributed by atoms with van der Waals surface area (Å²) in [6.07, 6.45) is 4.58. The second-order valence-corrected chi connectivity index (χ2v) is 6.56. The molecule has 0 N–H and O–H groups in total. The van der Waals surface area contributed by atoms with E-state index in [0.29, 0.717) is 25.9 Å². The fourth-order valence-electron chi connectivity index (χ4n) is 1.01. The lowest BCUT2D eigenvalue weighted by molar-refractivity contribution is 0.0783. The monoisotopic (exact) mass is 292 g/mol. The summed E-state index contributed by atoms with van der Waals surface area (Å²) >= 11 is 0. The number of epoxide rings is 1. The summed E-state index contributed by atoms with van der Waals surface area (Å²) in [6, 6.07) is 0. The summed E-state index contributed by atoms with van der Waals surface area (Å²) < 4.78 is 20.9. The average Bonchev–Trinajstić information content (AvgIpc) is 3.13. The second-order valence-electron chi connectivity index (χ2n) is 3.97. The number of hydrogen-bond donors (Lipinski definition) is 0. The number of rotatable bonds is 6. The van der Waals surface area contributed by atoms with Crippen LogP contribution in [-0.4, -0.2) is 41.3 Å². The van der Waals surface area contributed by atoms with Gasteiger partial charge in [0, 0.05) is 26.4 Å². The van der Waals surface area contributed by atoms with Gasteiger partial charge in [0.1, 0.15) is 0 Å². The minimum atomic E-state index is -2.25. The molecule has 0 radical (unpaired) electrons. The van der Waals surface area contributed by atoms with Crippen molar-refractivity contribution in [1.29, 1.82) is 0 Å². The lowest BCUT2D eigenvalue weighted by Gasteiger charge is -2.23. The van der Waals surface area contributed by atoms with Gasteiger partial charge in [-0.15, -0.1) is 0 Å². The van der Waals surface area contributed by atoms with Crippen molar-refractivity contribution in [1.82, 2.24) is 0 Å². The van der Waals surface area contributed by atoms with Gasteiger partial charge in [0.2, 0.25) is 0 Å². The van der Waals surface area contributed by atoms with E-state index in [1.165, 1.54) is 0 Å². The van der Waals surface area contributed by atoms with Crippen molar-refractivity contribution in [3.05, 3.63) is 12.2 Å². The first kappa shape index (κ1) is 21.1. The summed E-state index contributed by atoms with van der Waals surface area (Å²) in [5.74, 6) is 0. The molecule has 116 valence electrons. The van der Waals surface area contributed by atoms with Gasteiger partial charge in [-0.3, -0.25) is 0 Å². The minimum absolute atomic E-state index is 0.583. The highest BCUT2D eigenvalue weighted by Gasteiger charge is 2.32. The fraction of sp³-hybridized carbons (Fsp3) is 0.857. The van der Waals surface area contributed by atoms with E-state index in [1.807, 2.05) is 53.3 Å². The number of ether oxygens (including phenoxy) is 1. The van der Waals surface area contributed by atoms with Gasteiger partial charge in [-0.25, -0.2) is 0 Å². The molecule has 1 saturated heterocycles. The molecule has 1 heterocycles. The standard InChI is InChI=1S/C7H18O3Si.C4H8.C3H6O/c1-5-8-11(4,9-6-2)10-7-3;1-3-4-2;1-3-2-4-3/h5-7H2,1-4H3;3-4H,1-2H3;3H,2H2,1H3. The molecule has 0 aliphatic carbocycles. The zero-order chi connectivity index (χ0) is 15.1. The van der Waals surface area contributed by atoms with Gasteiger partial charge in [0.15, 0.2) is 0 Å². The Morgan fingerprint density at radius 1 is 1.00 bits per heavy atom. The first-order valence-electron chi connectivity index (χ1n) is 7.10. The zero-order valence-electron chi connectivity index (χ0n) is 13.7. The highest BCUT2D eigenvalue weighted by atomic mass is 28.4. The molecule has 0 aromatic rings. The molecule has 0 saturated carbocycles. The van der Waals surface area contributed by atoms with Crippen molar-refractivity contribution < 1.29 is 18.0 Å². The van der Waals surface area contributed by atoms with Gasteiger partial charge in [-0.2, -0.15) is 0 Å². The van der Waals surface area contributed by atoms with Crippen molar-refractivity contribution in [2.45, 2.75) is 54.2 Å². The Bertz CT molecular complexity index is 185. The SMILES string of the molecule is CC1CO1.CC=CC.CCO[Si](C)(OCC)OCC. The van der Waals surface area contributed by atoms with Crippen molar-refractivity contribution in [2.75, 3.05) is 26.4 Å². The molecule has 0 amide bonds. The largest absolute Gasteiger partial charge is 0.497 e. The van der Waals surface area contributed by atoms with Gasteiger partial charge < -0.3 is 18.0 Å². The van der Waals surface area contributed by atoms with Crippen molar-refractivity contribution in [3.8, 4) is 0 Å². The predicted octanol–water partition coefficient (Wildman–Crippen LogP) is 3.65. The third-order valence-corrected chi connectivity index (χ3v) is 4.49. The van der Waals surface area contributed by atoms with Crippen LogP contribution in [0.25, 0.3) is 0 Å². The molecule has 0 spiro atoms. The molecule has 5 heteroatoms. The number of allylic oxidation sites excluding steroid dienone is 2. The van der Waals surface area contributed by atoms with Crippen LogP contribution >= 0.6 is 0 Å². The molecular formula is C14H32O4Si. The van der Waals surface area contributed by atoms with Gasteiger partial charge in [0.05, 0.1) is 12.7 Å². The molecule has 0 aromatic heterocycles. The lowest BCUT2D eigenvalue weighted by Crippen LogP contribution is -2.42. The van der Waals surface area contributed by atoms with E-state index in [4.69, 9.17) is 18.0 Å². The van der Waals surface area contributed by atoms with E-state index < -0.39 is 8.80 Å². The Labute approximate surface area is 120 Å². The Balaban J connectivity index is 0. The third kappa shape index (κ3) is 17.8. The summed E-state index contributed by atoms with van der Waals surface area (Å²) in [7, 11) is -2.25. The lowest BCUT2D eigenvalue weighted by atomic mass is 10.6. The maximum Gasteiger partial charge on any atom is 0.497 e. The van der Waals surface area contributed by atoms with Gasteiger partial charge in [0.25, 0.3) is 0 Å². The molecule has 1 aliphatic heterocycles. The molecule has 4 nitrogen and oxygen atoms in total. The molecule has 1 aliphatic rings. The second kappa shape index (κ2) is 14.2. The Hall–Kier alpha value is -0.203. The predicted molar refractivity (Wildman–Crippen MR) is 82.4 cm³/mol.